The number of morpholine rings is 1. The molecule has 0 saturated carbocycles. The molecule has 1 fully saturated rings. The van der Waals surface area contributed by atoms with Crippen molar-refractivity contribution in [2.24, 2.45) is 4.99 Å². The Morgan fingerprint density at radius 3 is 2.81 bits per heavy atom. The topological polar surface area (TPSA) is 112 Å². The van der Waals surface area contributed by atoms with Crippen molar-refractivity contribution < 1.29 is 14.8 Å². The summed E-state index contributed by atoms with van der Waals surface area (Å²) >= 11 is 0. The Balaban J connectivity index is 1.92. The molecular formula is C18H29N5O4. The number of nitrogens with zero attached hydrogens (tertiary/aromatic N) is 3. The van der Waals surface area contributed by atoms with Crippen LogP contribution in [0.5, 0.6) is 0 Å². The van der Waals surface area contributed by atoms with E-state index in [4.69, 9.17) is 4.74 Å². The maximum Gasteiger partial charge on any atom is 0.269 e. The van der Waals surface area contributed by atoms with Gasteiger partial charge in [0.15, 0.2) is 5.96 Å². The van der Waals surface area contributed by atoms with Crippen LogP contribution in [0.1, 0.15) is 19.4 Å². The second-order valence-electron chi connectivity index (χ2n) is 6.86. The van der Waals surface area contributed by atoms with Crippen molar-refractivity contribution in [2.45, 2.75) is 26.0 Å². The summed E-state index contributed by atoms with van der Waals surface area (Å²) in [5.74, 6) is 0.561. The zero-order valence-corrected chi connectivity index (χ0v) is 16.0. The number of nitro benzene ring substituents is 1. The number of aliphatic hydroxyl groups is 1. The molecule has 0 spiro atoms. The number of β-amino-alcohol motifs (C(OH)–C–C–N with tert-alkyl or cyclic N) is 1. The van der Waals surface area contributed by atoms with Crippen molar-refractivity contribution in [2.75, 3.05) is 45.9 Å². The van der Waals surface area contributed by atoms with Gasteiger partial charge >= 0.3 is 0 Å². The molecule has 1 aromatic rings. The van der Waals surface area contributed by atoms with Gasteiger partial charge in [-0.1, -0.05) is 12.1 Å². The summed E-state index contributed by atoms with van der Waals surface area (Å²) < 4.78 is 5.33. The van der Waals surface area contributed by atoms with Crippen LogP contribution in [-0.2, 0) is 11.3 Å². The number of nitrogens with one attached hydrogen (secondary N) is 2. The van der Waals surface area contributed by atoms with E-state index in [-0.39, 0.29) is 5.69 Å². The summed E-state index contributed by atoms with van der Waals surface area (Å²) in [7, 11) is 0. The molecule has 1 aliphatic heterocycles. The lowest BCUT2D eigenvalue weighted by atomic mass is 10.1. The quantitative estimate of drug-likeness (QED) is 0.264. The predicted octanol–water partition coefficient (Wildman–Crippen LogP) is 0.733. The Morgan fingerprint density at radius 2 is 2.15 bits per heavy atom. The molecule has 1 saturated heterocycles. The number of nitro groups is 1. The third-order valence-corrected chi connectivity index (χ3v) is 4.19. The van der Waals surface area contributed by atoms with Gasteiger partial charge in [-0.3, -0.25) is 15.0 Å². The van der Waals surface area contributed by atoms with E-state index in [9.17, 15) is 15.2 Å². The molecule has 3 N–H and O–H groups in total. The molecule has 0 radical (unpaired) electrons. The highest BCUT2D eigenvalue weighted by Gasteiger charge is 2.25. The highest BCUT2D eigenvalue weighted by Crippen LogP contribution is 2.13. The number of hydrogen-bond donors (Lipinski definition) is 3. The highest BCUT2D eigenvalue weighted by atomic mass is 16.6. The average molecular weight is 379 g/mol. The van der Waals surface area contributed by atoms with Crippen molar-refractivity contribution in [3.05, 3.63) is 39.9 Å². The highest BCUT2D eigenvalue weighted by molar-refractivity contribution is 5.79. The number of ether oxygens (including phenoxy) is 1. The molecule has 0 aromatic heterocycles. The Morgan fingerprint density at radius 1 is 1.41 bits per heavy atom. The molecule has 1 aliphatic rings. The SMILES string of the molecule is CCNC(=NCc1cccc([N+](=O)[O-])c1)NCC(C)(O)CN1CCOCC1. The monoisotopic (exact) mass is 379 g/mol. The molecule has 2 rings (SSSR count). The lowest BCUT2D eigenvalue weighted by molar-refractivity contribution is -0.384. The molecule has 1 heterocycles. The first kappa shape index (κ1) is 21.1. The van der Waals surface area contributed by atoms with E-state index >= 15 is 0 Å². The number of benzene rings is 1. The Bertz CT molecular complexity index is 644. The zero-order chi connectivity index (χ0) is 19.7. The van der Waals surface area contributed by atoms with Crippen LogP contribution < -0.4 is 10.6 Å². The second kappa shape index (κ2) is 10.2. The molecular weight excluding hydrogens is 350 g/mol. The van der Waals surface area contributed by atoms with Crippen LogP contribution in [0.25, 0.3) is 0 Å². The van der Waals surface area contributed by atoms with Crippen LogP contribution in [-0.4, -0.2) is 72.4 Å². The van der Waals surface area contributed by atoms with Gasteiger partial charge in [0.2, 0.25) is 0 Å². The van der Waals surface area contributed by atoms with Crippen molar-refractivity contribution in [3.8, 4) is 0 Å². The van der Waals surface area contributed by atoms with E-state index in [1.54, 1.807) is 19.1 Å². The number of rotatable bonds is 8. The van der Waals surface area contributed by atoms with Crippen LogP contribution in [0, 0.1) is 10.1 Å². The summed E-state index contributed by atoms with van der Waals surface area (Å²) in [4.78, 5) is 17.1. The number of non-ortho nitro benzene ring substituents is 1. The van der Waals surface area contributed by atoms with Crippen LogP contribution in [0.4, 0.5) is 5.69 Å². The van der Waals surface area contributed by atoms with Crippen LogP contribution in [0.15, 0.2) is 29.3 Å². The first-order chi connectivity index (χ1) is 12.9. The maximum atomic E-state index is 10.9. The van der Waals surface area contributed by atoms with Crippen LogP contribution >= 0.6 is 0 Å². The number of aliphatic imine (C=N–C) groups is 1. The summed E-state index contributed by atoms with van der Waals surface area (Å²) in [6, 6.07) is 6.42. The van der Waals surface area contributed by atoms with Gasteiger partial charge in [0.05, 0.1) is 30.3 Å². The largest absolute Gasteiger partial charge is 0.387 e. The van der Waals surface area contributed by atoms with E-state index < -0.39 is 10.5 Å². The van der Waals surface area contributed by atoms with Gasteiger partial charge in [-0.05, 0) is 19.4 Å². The smallest absolute Gasteiger partial charge is 0.269 e. The molecule has 1 unspecified atom stereocenters. The molecule has 150 valence electrons. The lowest BCUT2D eigenvalue weighted by Crippen LogP contribution is -2.52. The Labute approximate surface area is 159 Å². The van der Waals surface area contributed by atoms with E-state index in [0.717, 1.165) is 18.7 Å². The number of hydrogen-bond acceptors (Lipinski definition) is 6. The van der Waals surface area contributed by atoms with Gasteiger partial charge in [-0.2, -0.15) is 0 Å². The molecule has 27 heavy (non-hydrogen) atoms. The van der Waals surface area contributed by atoms with E-state index in [0.29, 0.717) is 45.4 Å². The van der Waals surface area contributed by atoms with Gasteiger partial charge < -0.3 is 20.5 Å². The van der Waals surface area contributed by atoms with E-state index in [2.05, 4.69) is 20.5 Å². The summed E-state index contributed by atoms with van der Waals surface area (Å²) in [6.45, 7) is 8.63. The minimum atomic E-state index is -0.918. The zero-order valence-electron chi connectivity index (χ0n) is 16.0. The van der Waals surface area contributed by atoms with Crippen molar-refractivity contribution in [1.82, 2.24) is 15.5 Å². The fourth-order valence-corrected chi connectivity index (χ4v) is 2.85. The Kier molecular flexibility index (Phi) is 7.96. The molecule has 0 amide bonds. The predicted molar refractivity (Wildman–Crippen MR) is 104 cm³/mol. The molecule has 0 aliphatic carbocycles. The normalized spacial score (nSPS) is 18.0. The molecule has 9 nitrogen and oxygen atoms in total. The fraction of sp³-hybridized carbons (Fsp3) is 0.611. The van der Waals surface area contributed by atoms with E-state index in [1.807, 2.05) is 6.92 Å². The van der Waals surface area contributed by atoms with E-state index in [1.165, 1.54) is 12.1 Å². The van der Waals surface area contributed by atoms with Gasteiger partial charge in [0.1, 0.15) is 0 Å². The van der Waals surface area contributed by atoms with Crippen molar-refractivity contribution in [1.29, 1.82) is 0 Å². The standard InChI is InChI=1S/C18H29N5O4/c1-3-19-17(20-12-15-5-4-6-16(11-15)23(25)26)21-13-18(2,24)14-22-7-9-27-10-8-22/h4-6,11,24H,3,7-10,12-14H2,1-2H3,(H2,19,20,21). The third-order valence-electron chi connectivity index (χ3n) is 4.19. The summed E-state index contributed by atoms with van der Waals surface area (Å²) in [5, 5.41) is 27.8. The second-order valence-corrected chi connectivity index (χ2v) is 6.86. The third kappa shape index (κ3) is 7.49. The molecule has 1 atom stereocenters. The minimum Gasteiger partial charge on any atom is -0.387 e. The average Bonchev–Trinajstić information content (AvgIpc) is 2.64. The van der Waals surface area contributed by atoms with Crippen molar-refractivity contribution >= 4 is 11.6 Å². The molecule has 9 heteroatoms. The van der Waals surface area contributed by atoms with Gasteiger partial charge in [-0.15, -0.1) is 0 Å². The van der Waals surface area contributed by atoms with Gasteiger partial charge in [0.25, 0.3) is 5.69 Å². The lowest BCUT2D eigenvalue weighted by Gasteiger charge is -2.34. The van der Waals surface area contributed by atoms with Gasteiger partial charge in [0, 0.05) is 44.9 Å². The summed E-state index contributed by atoms with van der Waals surface area (Å²) in [5.41, 5.74) is -0.116. The first-order valence-electron chi connectivity index (χ1n) is 9.17. The molecule has 1 aromatic carbocycles. The van der Waals surface area contributed by atoms with Crippen LogP contribution in [0.3, 0.4) is 0 Å². The first-order valence-corrected chi connectivity index (χ1v) is 9.17. The molecule has 0 bridgehead atoms. The number of guanidine groups is 1. The summed E-state index contributed by atoms with van der Waals surface area (Å²) in [6.07, 6.45) is 0. The minimum absolute atomic E-state index is 0.0501. The van der Waals surface area contributed by atoms with Crippen LogP contribution in [0.2, 0.25) is 0 Å². The maximum absolute atomic E-state index is 10.9. The fourth-order valence-electron chi connectivity index (χ4n) is 2.85. The Hall–Kier alpha value is -2.23. The van der Waals surface area contributed by atoms with Gasteiger partial charge in [-0.25, -0.2) is 4.99 Å². The van der Waals surface area contributed by atoms with Crippen molar-refractivity contribution in [3.63, 3.8) is 0 Å².